The van der Waals surface area contributed by atoms with Crippen molar-refractivity contribution in [3.05, 3.63) is 29.3 Å². The summed E-state index contributed by atoms with van der Waals surface area (Å²) in [6, 6.07) is 6.70. The highest BCUT2D eigenvalue weighted by molar-refractivity contribution is 5.77. The van der Waals surface area contributed by atoms with Gasteiger partial charge in [-0.15, -0.1) is 0 Å². The number of benzene rings is 1. The molecule has 1 unspecified atom stereocenters. The van der Waals surface area contributed by atoms with Crippen LogP contribution in [0.3, 0.4) is 0 Å². The molecule has 1 aromatic rings. The monoisotopic (exact) mass is 289 g/mol. The van der Waals surface area contributed by atoms with Gasteiger partial charge in [0.15, 0.2) is 0 Å². The van der Waals surface area contributed by atoms with Crippen molar-refractivity contribution in [2.75, 3.05) is 13.7 Å². The number of likely N-dealkylation sites (tertiary alicyclic amines) is 1. The number of aryl methyl sites for hydroxylation is 1. The molecule has 0 aliphatic carbocycles. The van der Waals surface area contributed by atoms with E-state index in [0.29, 0.717) is 24.3 Å². The molecular formula is C18H27NO2. The van der Waals surface area contributed by atoms with Gasteiger partial charge < -0.3 is 9.64 Å². The molecule has 1 fully saturated rings. The third kappa shape index (κ3) is 3.99. The molecule has 1 heterocycles. The minimum atomic E-state index is 0.317. The fourth-order valence-corrected chi connectivity index (χ4v) is 3.18. The molecule has 2 rings (SSSR count). The summed E-state index contributed by atoms with van der Waals surface area (Å²) in [5, 5.41) is 0. The number of nitrogens with zero attached hydrogens (tertiary/aromatic N) is 1. The Bertz CT molecular complexity index is 496. The molecule has 116 valence electrons. The first-order valence-electron chi connectivity index (χ1n) is 7.94. The number of amides is 1. The molecule has 0 bridgehead atoms. The molecule has 0 saturated carbocycles. The quantitative estimate of drug-likeness (QED) is 0.829. The minimum absolute atomic E-state index is 0.317. The molecule has 3 nitrogen and oxygen atoms in total. The van der Waals surface area contributed by atoms with Crippen LogP contribution in [0, 0.1) is 12.8 Å². The van der Waals surface area contributed by atoms with Crippen molar-refractivity contribution in [2.24, 2.45) is 5.92 Å². The highest BCUT2D eigenvalue weighted by Crippen LogP contribution is 2.25. The second kappa shape index (κ2) is 6.97. The Morgan fingerprint density at radius 1 is 1.43 bits per heavy atom. The van der Waals surface area contributed by atoms with Crippen LogP contribution in [0.1, 0.15) is 44.2 Å². The maximum absolute atomic E-state index is 12.3. The van der Waals surface area contributed by atoms with Crippen LogP contribution in [-0.2, 0) is 11.2 Å². The predicted molar refractivity (Wildman–Crippen MR) is 85.6 cm³/mol. The SMILES string of the molecule is COc1ccc(CC2CCCN2C(=O)CC(C)C)cc1C. The van der Waals surface area contributed by atoms with Crippen molar-refractivity contribution in [1.29, 1.82) is 0 Å². The summed E-state index contributed by atoms with van der Waals surface area (Å²) < 4.78 is 5.31. The van der Waals surface area contributed by atoms with E-state index in [1.807, 2.05) is 6.07 Å². The average Bonchev–Trinajstić information content (AvgIpc) is 2.86. The Hall–Kier alpha value is -1.51. The summed E-state index contributed by atoms with van der Waals surface area (Å²) in [5.74, 6) is 1.68. The fraction of sp³-hybridized carbons (Fsp3) is 0.611. The molecule has 0 aromatic heterocycles. The van der Waals surface area contributed by atoms with Gasteiger partial charge in [0.1, 0.15) is 5.75 Å². The number of ether oxygens (including phenoxy) is 1. The summed E-state index contributed by atoms with van der Waals surface area (Å²) in [5.41, 5.74) is 2.45. The van der Waals surface area contributed by atoms with Crippen molar-refractivity contribution in [3.63, 3.8) is 0 Å². The second-order valence-corrected chi connectivity index (χ2v) is 6.49. The van der Waals surface area contributed by atoms with Gasteiger partial charge in [-0.1, -0.05) is 26.0 Å². The van der Waals surface area contributed by atoms with Crippen molar-refractivity contribution in [1.82, 2.24) is 4.90 Å². The second-order valence-electron chi connectivity index (χ2n) is 6.49. The number of carbonyl (C=O) groups is 1. The Labute approximate surface area is 128 Å². The van der Waals surface area contributed by atoms with E-state index < -0.39 is 0 Å². The Kier molecular flexibility index (Phi) is 5.27. The minimum Gasteiger partial charge on any atom is -0.496 e. The zero-order chi connectivity index (χ0) is 15.4. The van der Waals surface area contributed by atoms with Gasteiger partial charge in [0.25, 0.3) is 0 Å². The lowest BCUT2D eigenvalue weighted by Gasteiger charge is -2.26. The molecule has 1 aliphatic rings. The van der Waals surface area contributed by atoms with Gasteiger partial charge in [-0.05, 0) is 49.3 Å². The Morgan fingerprint density at radius 2 is 2.19 bits per heavy atom. The molecule has 3 heteroatoms. The smallest absolute Gasteiger partial charge is 0.223 e. The first kappa shape index (κ1) is 15.9. The molecule has 0 N–H and O–H groups in total. The maximum atomic E-state index is 12.3. The lowest BCUT2D eigenvalue weighted by molar-refractivity contribution is -0.132. The third-order valence-electron chi connectivity index (χ3n) is 4.21. The van der Waals surface area contributed by atoms with Crippen LogP contribution in [0.25, 0.3) is 0 Å². The highest BCUT2D eigenvalue weighted by atomic mass is 16.5. The molecule has 1 aliphatic heterocycles. The van der Waals surface area contributed by atoms with E-state index in [4.69, 9.17) is 4.74 Å². The molecule has 1 amide bonds. The van der Waals surface area contributed by atoms with E-state index in [1.54, 1.807) is 7.11 Å². The molecule has 1 atom stereocenters. The number of hydrogen-bond acceptors (Lipinski definition) is 2. The first-order chi connectivity index (χ1) is 10.0. The van der Waals surface area contributed by atoms with E-state index >= 15 is 0 Å². The fourth-order valence-electron chi connectivity index (χ4n) is 3.18. The van der Waals surface area contributed by atoms with Gasteiger partial charge in [0.05, 0.1) is 7.11 Å². The molecule has 0 spiro atoms. The summed E-state index contributed by atoms with van der Waals surface area (Å²) in [7, 11) is 1.70. The van der Waals surface area contributed by atoms with Crippen molar-refractivity contribution < 1.29 is 9.53 Å². The standard InChI is InChI=1S/C18H27NO2/c1-13(2)10-18(20)19-9-5-6-16(19)12-15-7-8-17(21-4)14(3)11-15/h7-8,11,13,16H,5-6,9-10,12H2,1-4H3. The lowest BCUT2D eigenvalue weighted by atomic mass is 10.0. The summed E-state index contributed by atoms with van der Waals surface area (Å²) in [6.07, 6.45) is 3.87. The van der Waals surface area contributed by atoms with E-state index in [2.05, 4.69) is 37.8 Å². The van der Waals surface area contributed by atoms with Crippen molar-refractivity contribution in [2.45, 2.75) is 52.5 Å². The molecule has 0 radical (unpaired) electrons. The zero-order valence-electron chi connectivity index (χ0n) is 13.7. The van der Waals surface area contributed by atoms with Crippen LogP contribution < -0.4 is 4.74 Å². The van der Waals surface area contributed by atoms with E-state index in [-0.39, 0.29) is 0 Å². The van der Waals surface area contributed by atoms with Gasteiger partial charge in [-0.2, -0.15) is 0 Å². The third-order valence-corrected chi connectivity index (χ3v) is 4.21. The summed E-state index contributed by atoms with van der Waals surface area (Å²) >= 11 is 0. The van der Waals surface area contributed by atoms with Gasteiger partial charge in [-0.3, -0.25) is 4.79 Å². The molecule has 21 heavy (non-hydrogen) atoms. The topological polar surface area (TPSA) is 29.5 Å². The van der Waals surface area contributed by atoms with Crippen molar-refractivity contribution >= 4 is 5.91 Å². The first-order valence-corrected chi connectivity index (χ1v) is 7.94. The Morgan fingerprint density at radius 3 is 2.81 bits per heavy atom. The number of rotatable bonds is 5. The number of hydrogen-bond donors (Lipinski definition) is 0. The molecule has 1 aromatic carbocycles. The van der Waals surface area contributed by atoms with Crippen LogP contribution >= 0.6 is 0 Å². The lowest BCUT2D eigenvalue weighted by Crippen LogP contribution is -2.37. The number of methoxy groups -OCH3 is 1. The van der Waals surface area contributed by atoms with Crippen LogP contribution in [0.15, 0.2) is 18.2 Å². The van der Waals surface area contributed by atoms with Crippen LogP contribution in [-0.4, -0.2) is 30.5 Å². The normalized spacial score (nSPS) is 18.3. The zero-order valence-corrected chi connectivity index (χ0v) is 13.7. The number of carbonyl (C=O) groups excluding carboxylic acids is 1. The van der Waals surface area contributed by atoms with Crippen molar-refractivity contribution in [3.8, 4) is 5.75 Å². The molecule has 1 saturated heterocycles. The van der Waals surface area contributed by atoms with E-state index in [1.165, 1.54) is 5.56 Å². The molecular weight excluding hydrogens is 262 g/mol. The van der Waals surface area contributed by atoms with Gasteiger partial charge >= 0.3 is 0 Å². The highest BCUT2D eigenvalue weighted by Gasteiger charge is 2.28. The maximum Gasteiger partial charge on any atom is 0.223 e. The predicted octanol–water partition coefficient (Wildman–Crippen LogP) is 3.58. The van der Waals surface area contributed by atoms with Crippen LogP contribution in [0.4, 0.5) is 0 Å². The van der Waals surface area contributed by atoms with Gasteiger partial charge in [-0.25, -0.2) is 0 Å². The van der Waals surface area contributed by atoms with E-state index in [9.17, 15) is 4.79 Å². The Balaban J connectivity index is 2.04. The summed E-state index contributed by atoms with van der Waals surface area (Å²) in [6.45, 7) is 7.20. The summed E-state index contributed by atoms with van der Waals surface area (Å²) in [4.78, 5) is 14.4. The van der Waals surface area contributed by atoms with Gasteiger partial charge in [0, 0.05) is 19.0 Å². The van der Waals surface area contributed by atoms with Gasteiger partial charge in [0.2, 0.25) is 5.91 Å². The average molecular weight is 289 g/mol. The largest absolute Gasteiger partial charge is 0.496 e. The van der Waals surface area contributed by atoms with Crippen LogP contribution in [0.5, 0.6) is 5.75 Å². The van der Waals surface area contributed by atoms with Crippen LogP contribution in [0.2, 0.25) is 0 Å². The van der Waals surface area contributed by atoms with E-state index in [0.717, 1.165) is 37.1 Å².